The zero-order chi connectivity index (χ0) is 12.9. The highest BCUT2D eigenvalue weighted by Gasteiger charge is 2.29. The fraction of sp³-hybridized carbons (Fsp3) is 0.900. The number of piperidine rings is 1. The molecular weight excluding hydrogens is 244 g/mol. The minimum Gasteiger partial charge on any atom is -0.395 e. The van der Waals surface area contributed by atoms with Gasteiger partial charge in [-0.15, -0.1) is 0 Å². The largest absolute Gasteiger partial charge is 0.395 e. The molecule has 0 aromatic heterocycles. The number of aliphatic hydroxyl groups is 1. The fourth-order valence-electron chi connectivity index (χ4n) is 1.90. The third kappa shape index (κ3) is 3.93. The van der Waals surface area contributed by atoms with Crippen LogP contribution in [0.1, 0.15) is 19.8 Å². The molecule has 0 saturated carbocycles. The molecule has 17 heavy (non-hydrogen) atoms. The van der Waals surface area contributed by atoms with Crippen molar-refractivity contribution in [2.24, 2.45) is 5.92 Å². The minimum absolute atomic E-state index is 0.0746. The van der Waals surface area contributed by atoms with Crippen LogP contribution in [0, 0.1) is 5.92 Å². The monoisotopic (exact) mass is 264 g/mol. The molecular formula is C10H20N2O4S. The Morgan fingerprint density at radius 3 is 2.47 bits per heavy atom. The van der Waals surface area contributed by atoms with E-state index < -0.39 is 10.0 Å². The topological polar surface area (TPSA) is 86.7 Å². The lowest BCUT2D eigenvalue weighted by Gasteiger charge is -2.30. The molecule has 0 unspecified atom stereocenters. The summed E-state index contributed by atoms with van der Waals surface area (Å²) in [4.78, 5) is 11.6. The molecule has 1 saturated heterocycles. The zero-order valence-electron chi connectivity index (χ0n) is 10.1. The second-order valence-corrected chi connectivity index (χ2v) is 6.35. The van der Waals surface area contributed by atoms with Crippen LogP contribution < -0.4 is 5.32 Å². The average molecular weight is 264 g/mol. The molecule has 0 aromatic carbocycles. The average Bonchev–Trinajstić information content (AvgIpc) is 2.36. The van der Waals surface area contributed by atoms with Gasteiger partial charge in [-0.05, 0) is 19.8 Å². The summed E-state index contributed by atoms with van der Waals surface area (Å²) in [6.07, 6.45) is 1.10. The van der Waals surface area contributed by atoms with Gasteiger partial charge in [0, 0.05) is 25.6 Å². The van der Waals surface area contributed by atoms with E-state index in [4.69, 9.17) is 5.11 Å². The first-order chi connectivity index (χ1) is 8.01. The van der Waals surface area contributed by atoms with E-state index >= 15 is 0 Å². The molecule has 1 aliphatic rings. The zero-order valence-corrected chi connectivity index (χ0v) is 10.9. The molecule has 1 amide bonds. The molecule has 1 heterocycles. The number of amides is 1. The molecule has 0 radical (unpaired) electrons. The first-order valence-corrected chi connectivity index (χ1v) is 7.48. The van der Waals surface area contributed by atoms with Crippen molar-refractivity contribution in [1.82, 2.24) is 9.62 Å². The standard InChI is InChI=1S/C10H20N2O4S/c1-2-17(15,16)12-6-3-9(4-7-12)10(14)11-5-8-13/h9,13H,2-8H2,1H3,(H,11,14). The Kier molecular flexibility index (Phi) is 5.35. The summed E-state index contributed by atoms with van der Waals surface area (Å²) in [5.74, 6) is -0.119. The number of aliphatic hydroxyl groups excluding tert-OH is 1. The van der Waals surface area contributed by atoms with E-state index in [1.54, 1.807) is 6.92 Å². The van der Waals surface area contributed by atoms with Crippen LogP contribution >= 0.6 is 0 Å². The molecule has 100 valence electrons. The Morgan fingerprint density at radius 1 is 1.41 bits per heavy atom. The summed E-state index contributed by atoms with van der Waals surface area (Å²) in [5, 5.41) is 11.2. The predicted octanol–water partition coefficient (Wildman–Crippen LogP) is -0.843. The number of carbonyl (C=O) groups excluding carboxylic acids is 1. The lowest BCUT2D eigenvalue weighted by molar-refractivity contribution is -0.126. The number of hydrogen-bond donors (Lipinski definition) is 2. The van der Waals surface area contributed by atoms with Crippen LogP contribution in [0.25, 0.3) is 0 Å². The molecule has 1 rings (SSSR count). The molecule has 0 aromatic rings. The van der Waals surface area contributed by atoms with Gasteiger partial charge in [-0.1, -0.05) is 0 Å². The Hall–Kier alpha value is -0.660. The van der Waals surface area contributed by atoms with Gasteiger partial charge in [0.15, 0.2) is 0 Å². The van der Waals surface area contributed by atoms with Crippen LogP contribution in [-0.2, 0) is 14.8 Å². The number of nitrogens with one attached hydrogen (secondary N) is 1. The first-order valence-electron chi connectivity index (χ1n) is 5.87. The van der Waals surface area contributed by atoms with Crippen molar-refractivity contribution < 1.29 is 18.3 Å². The van der Waals surface area contributed by atoms with Gasteiger partial charge in [-0.3, -0.25) is 4.79 Å². The maximum Gasteiger partial charge on any atom is 0.223 e. The van der Waals surface area contributed by atoms with Crippen molar-refractivity contribution in [1.29, 1.82) is 0 Å². The van der Waals surface area contributed by atoms with Crippen LogP contribution in [0.3, 0.4) is 0 Å². The Labute approximate surface area is 102 Å². The summed E-state index contributed by atoms with van der Waals surface area (Å²) in [6, 6.07) is 0. The van der Waals surface area contributed by atoms with Gasteiger partial charge in [0.25, 0.3) is 0 Å². The van der Waals surface area contributed by atoms with E-state index in [2.05, 4.69) is 5.32 Å². The molecule has 0 bridgehead atoms. The van der Waals surface area contributed by atoms with Crippen LogP contribution in [0.5, 0.6) is 0 Å². The van der Waals surface area contributed by atoms with Crippen molar-refractivity contribution in [3.63, 3.8) is 0 Å². The quantitative estimate of drug-likeness (QED) is 0.677. The smallest absolute Gasteiger partial charge is 0.223 e. The third-order valence-corrected chi connectivity index (χ3v) is 4.88. The summed E-state index contributed by atoms with van der Waals surface area (Å²) in [7, 11) is -3.13. The number of hydrogen-bond acceptors (Lipinski definition) is 4. The van der Waals surface area contributed by atoms with Crippen molar-refractivity contribution in [2.75, 3.05) is 32.0 Å². The van der Waals surface area contributed by atoms with Gasteiger partial charge in [0.1, 0.15) is 0 Å². The van der Waals surface area contributed by atoms with Crippen molar-refractivity contribution in [3.05, 3.63) is 0 Å². The van der Waals surface area contributed by atoms with Crippen LogP contribution in [0.4, 0.5) is 0 Å². The normalized spacial score (nSPS) is 19.2. The molecule has 0 atom stereocenters. The van der Waals surface area contributed by atoms with Crippen molar-refractivity contribution in [3.8, 4) is 0 Å². The molecule has 2 N–H and O–H groups in total. The number of rotatable bonds is 5. The number of nitrogens with zero attached hydrogens (tertiary/aromatic N) is 1. The van der Waals surface area contributed by atoms with Crippen molar-refractivity contribution in [2.45, 2.75) is 19.8 Å². The van der Waals surface area contributed by atoms with E-state index in [1.807, 2.05) is 0 Å². The highest BCUT2D eigenvalue weighted by molar-refractivity contribution is 7.89. The summed E-state index contributed by atoms with van der Waals surface area (Å²) in [5.41, 5.74) is 0. The highest BCUT2D eigenvalue weighted by Crippen LogP contribution is 2.19. The maximum atomic E-state index is 11.6. The van der Waals surface area contributed by atoms with Gasteiger partial charge < -0.3 is 10.4 Å². The summed E-state index contributed by atoms with van der Waals surface area (Å²) < 4.78 is 24.6. The molecule has 0 spiro atoms. The van der Waals surface area contributed by atoms with Gasteiger partial charge in [0.2, 0.25) is 15.9 Å². The van der Waals surface area contributed by atoms with Gasteiger partial charge in [-0.2, -0.15) is 0 Å². The van der Waals surface area contributed by atoms with Gasteiger partial charge in [0.05, 0.1) is 12.4 Å². The van der Waals surface area contributed by atoms with E-state index in [0.29, 0.717) is 25.9 Å². The van der Waals surface area contributed by atoms with Crippen LogP contribution in [0.15, 0.2) is 0 Å². The van der Waals surface area contributed by atoms with Crippen LogP contribution in [-0.4, -0.2) is 55.7 Å². The van der Waals surface area contributed by atoms with E-state index in [9.17, 15) is 13.2 Å². The predicted molar refractivity (Wildman–Crippen MR) is 63.9 cm³/mol. The SMILES string of the molecule is CCS(=O)(=O)N1CCC(C(=O)NCCO)CC1. The molecule has 1 fully saturated rings. The highest BCUT2D eigenvalue weighted by atomic mass is 32.2. The summed E-state index contributed by atoms with van der Waals surface area (Å²) >= 11 is 0. The Balaban J connectivity index is 2.43. The van der Waals surface area contributed by atoms with Gasteiger partial charge >= 0.3 is 0 Å². The second kappa shape index (κ2) is 6.32. The van der Waals surface area contributed by atoms with E-state index in [0.717, 1.165) is 0 Å². The first kappa shape index (κ1) is 14.4. The van der Waals surface area contributed by atoms with Gasteiger partial charge in [-0.25, -0.2) is 12.7 Å². The van der Waals surface area contributed by atoms with E-state index in [-0.39, 0.29) is 30.7 Å². The van der Waals surface area contributed by atoms with Crippen LogP contribution in [0.2, 0.25) is 0 Å². The summed E-state index contributed by atoms with van der Waals surface area (Å²) in [6.45, 7) is 2.62. The van der Waals surface area contributed by atoms with E-state index in [1.165, 1.54) is 4.31 Å². The fourth-order valence-corrected chi connectivity index (χ4v) is 3.03. The molecule has 0 aliphatic carbocycles. The molecule has 7 heteroatoms. The molecule has 1 aliphatic heterocycles. The number of carbonyl (C=O) groups is 1. The Bertz CT molecular complexity index is 347. The van der Waals surface area contributed by atoms with Crippen molar-refractivity contribution >= 4 is 15.9 Å². The number of sulfonamides is 1. The maximum absolute atomic E-state index is 11.6. The lowest BCUT2D eigenvalue weighted by Crippen LogP contribution is -2.43. The lowest BCUT2D eigenvalue weighted by atomic mass is 9.97. The molecule has 6 nitrogen and oxygen atoms in total. The second-order valence-electron chi connectivity index (χ2n) is 4.09. The Morgan fingerprint density at radius 2 is 2.00 bits per heavy atom. The third-order valence-electron chi connectivity index (χ3n) is 2.99. The minimum atomic E-state index is -3.13.